The molecule has 0 aromatic heterocycles. The molecule has 0 aliphatic rings. The van der Waals surface area contributed by atoms with Crippen molar-refractivity contribution in [2.45, 2.75) is 6.54 Å². The van der Waals surface area contributed by atoms with E-state index in [-0.39, 0.29) is 0 Å². The zero-order chi connectivity index (χ0) is 15.1. The molecule has 0 amide bonds. The average Bonchev–Trinajstić information content (AvgIpc) is 2.54. The van der Waals surface area contributed by atoms with Gasteiger partial charge in [-0.3, -0.25) is 0 Å². The van der Waals surface area contributed by atoms with Crippen molar-refractivity contribution in [2.75, 3.05) is 13.3 Å². The average molecular weight is 295 g/mol. The Kier molecular flexibility index (Phi) is 5.42. The van der Waals surface area contributed by atoms with Gasteiger partial charge < -0.3 is 4.90 Å². The monoisotopic (exact) mass is 295 g/mol. The highest BCUT2D eigenvalue weighted by molar-refractivity contribution is 8.13. The van der Waals surface area contributed by atoms with Crippen LogP contribution in [0.3, 0.4) is 0 Å². The summed E-state index contributed by atoms with van der Waals surface area (Å²) in [4.78, 5) is 6.77. The molecule has 0 saturated heterocycles. The summed E-state index contributed by atoms with van der Waals surface area (Å²) < 4.78 is 0. The van der Waals surface area contributed by atoms with E-state index in [9.17, 15) is 0 Å². The maximum atomic E-state index is 8.81. The Morgan fingerprint density at radius 3 is 2.38 bits per heavy atom. The maximum Gasteiger partial charge on any atom is 0.164 e. The quantitative estimate of drug-likeness (QED) is 0.633. The van der Waals surface area contributed by atoms with Crippen molar-refractivity contribution in [1.82, 2.24) is 4.90 Å². The van der Waals surface area contributed by atoms with Gasteiger partial charge in [-0.05, 0) is 36.1 Å². The molecule has 3 nitrogen and oxygen atoms in total. The minimum atomic E-state index is 0.650. The van der Waals surface area contributed by atoms with Crippen LogP contribution in [0.15, 0.2) is 59.6 Å². The van der Waals surface area contributed by atoms with Gasteiger partial charge in [0.05, 0.1) is 17.3 Å². The lowest BCUT2D eigenvalue weighted by atomic mass is 10.2. The minimum Gasteiger partial charge on any atom is -0.350 e. The molecule has 4 heteroatoms. The molecule has 2 rings (SSSR count). The van der Waals surface area contributed by atoms with Gasteiger partial charge in [0.1, 0.15) is 0 Å². The molecule has 21 heavy (non-hydrogen) atoms. The first-order valence-electron chi connectivity index (χ1n) is 6.61. The number of hydrogen-bond acceptors (Lipinski definition) is 3. The van der Waals surface area contributed by atoms with Gasteiger partial charge in [-0.2, -0.15) is 5.26 Å². The summed E-state index contributed by atoms with van der Waals surface area (Å²) in [6, 6.07) is 19.7. The normalized spacial score (nSPS) is 11.0. The molecule has 0 heterocycles. The van der Waals surface area contributed by atoms with E-state index >= 15 is 0 Å². The predicted octanol–water partition coefficient (Wildman–Crippen LogP) is 4.04. The molecule has 106 valence electrons. The first kappa shape index (κ1) is 15.1. The molecule has 0 atom stereocenters. The zero-order valence-electron chi connectivity index (χ0n) is 12.2. The van der Waals surface area contributed by atoms with E-state index in [1.807, 2.05) is 43.6 Å². The van der Waals surface area contributed by atoms with Crippen LogP contribution >= 0.6 is 11.8 Å². The van der Waals surface area contributed by atoms with Gasteiger partial charge >= 0.3 is 0 Å². The molecule has 0 aliphatic carbocycles. The number of rotatable bonds is 3. The number of thioether (sulfide) groups is 1. The van der Waals surface area contributed by atoms with Gasteiger partial charge in [-0.15, -0.1) is 0 Å². The van der Waals surface area contributed by atoms with Crippen molar-refractivity contribution in [1.29, 1.82) is 5.26 Å². The number of benzene rings is 2. The zero-order valence-corrected chi connectivity index (χ0v) is 13.0. The maximum absolute atomic E-state index is 8.81. The first-order valence-corrected chi connectivity index (χ1v) is 7.83. The molecular formula is C17H17N3S. The third-order valence-electron chi connectivity index (χ3n) is 2.99. The van der Waals surface area contributed by atoms with Crippen LogP contribution in [-0.4, -0.2) is 23.4 Å². The van der Waals surface area contributed by atoms with Gasteiger partial charge in [0.15, 0.2) is 5.17 Å². The Morgan fingerprint density at radius 2 is 1.81 bits per heavy atom. The van der Waals surface area contributed by atoms with Crippen molar-refractivity contribution in [3.8, 4) is 6.07 Å². The molecule has 0 radical (unpaired) electrons. The van der Waals surface area contributed by atoms with E-state index in [1.165, 1.54) is 5.56 Å². The summed E-state index contributed by atoms with van der Waals surface area (Å²) >= 11 is 1.61. The lowest BCUT2D eigenvalue weighted by molar-refractivity contribution is 0.511. The molecule has 0 aliphatic heterocycles. The van der Waals surface area contributed by atoms with E-state index in [1.54, 1.807) is 23.9 Å². The summed E-state index contributed by atoms with van der Waals surface area (Å²) in [5.74, 6) is 0. The fraction of sp³-hybridized carbons (Fsp3) is 0.176. The van der Waals surface area contributed by atoms with Gasteiger partial charge in [0.25, 0.3) is 0 Å². The van der Waals surface area contributed by atoms with E-state index in [0.29, 0.717) is 5.56 Å². The highest BCUT2D eigenvalue weighted by Crippen LogP contribution is 2.17. The second-order valence-electron chi connectivity index (χ2n) is 4.60. The molecule has 0 unspecified atom stereocenters. The van der Waals surface area contributed by atoms with Crippen molar-refractivity contribution in [3.63, 3.8) is 0 Å². The molecule has 0 spiro atoms. The molecule has 2 aromatic rings. The smallest absolute Gasteiger partial charge is 0.164 e. The van der Waals surface area contributed by atoms with Crippen LogP contribution in [0.5, 0.6) is 0 Å². The SMILES string of the molecule is CSC(=Nc1ccc(C#N)cc1)N(C)Cc1ccccc1. The third-order valence-corrected chi connectivity index (χ3v) is 3.76. The van der Waals surface area contributed by atoms with Crippen LogP contribution in [0.25, 0.3) is 0 Å². The van der Waals surface area contributed by atoms with Crippen LogP contribution in [0.4, 0.5) is 5.69 Å². The molecule has 0 bridgehead atoms. The largest absolute Gasteiger partial charge is 0.350 e. The second-order valence-corrected chi connectivity index (χ2v) is 5.37. The standard InChI is InChI=1S/C17H17N3S/c1-20(13-15-6-4-3-5-7-15)17(21-2)19-16-10-8-14(12-18)9-11-16/h3-11H,13H2,1-2H3. The number of nitrogens with zero attached hydrogens (tertiary/aromatic N) is 3. The summed E-state index contributed by atoms with van der Waals surface area (Å²) in [7, 11) is 2.03. The Balaban J connectivity index is 2.14. The van der Waals surface area contributed by atoms with Crippen LogP contribution < -0.4 is 0 Å². The number of amidine groups is 1. The van der Waals surface area contributed by atoms with Crippen molar-refractivity contribution >= 4 is 22.6 Å². The fourth-order valence-electron chi connectivity index (χ4n) is 1.93. The van der Waals surface area contributed by atoms with E-state index in [0.717, 1.165) is 17.4 Å². The fourth-order valence-corrected chi connectivity index (χ4v) is 2.51. The third kappa shape index (κ3) is 4.37. The molecule has 0 N–H and O–H groups in total. The number of aliphatic imine (C=N–C) groups is 1. The van der Waals surface area contributed by atoms with Crippen LogP contribution in [0.2, 0.25) is 0 Å². The topological polar surface area (TPSA) is 39.4 Å². The number of nitriles is 1. The highest BCUT2D eigenvalue weighted by Gasteiger charge is 2.06. The lowest BCUT2D eigenvalue weighted by Crippen LogP contribution is -2.23. The van der Waals surface area contributed by atoms with Crippen molar-refractivity contribution in [3.05, 3.63) is 65.7 Å². The second kappa shape index (κ2) is 7.51. The Labute approximate surface area is 129 Å². The highest BCUT2D eigenvalue weighted by atomic mass is 32.2. The molecular weight excluding hydrogens is 278 g/mol. The summed E-state index contributed by atoms with van der Waals surface area (Å²) in [6.07, 6.45) is 2.02. The number of hydrogen-bond donors (Lipinski definition) is 0. The van der Waals surface area contributed by atoms with E-state index in [2.05, 4.69) is 28.1 Å². The van der Waals surface area contributed by atoms with Gasteiger partial charge in [0.2, 0.25) is 0 Å². The predicted molar refractivity (Wildman–Crippen MR) is 89.7 cm³/mol. The Morgan fingerprint density at radius 1 is 1.14 bits per heavy atom. The van der Waals surface area contributed by atoms with Crippen LogP contribution in [-0.2, 0) is 6.54 Å². The molecule has 2 aromatic carbocycles. The van der Waals surface area contributed by atoms with Crippen molar-refractivity contribution < 1.29 is 0 Å². The summed E-state index contributed by atoms with van der Waals surface area (Å²) in [6.45, 7) is 0.816. The van der Waals surface area contributed by atoms with Crippen LogP contribution in [0.1, 0.15) is 11.1 Å². The van der Waals surface area contributed by atoms with E-state index in [4.69, 9.17) is 5.26 Å². The van der Waals surface area contributed by atoms with Gasteiger partial charge in [-0.25, -0.2) is 4.99 Å². The first-order chi connectivity index (χ1) is 10.2. The van der Waals surface area contributed by atoms with Crippen LogP contribution in [0, 0.1) is 11.3 Å². The Hall–Kier alpha value is -2.25. The minimum absolute atomic E-state index is 0.650. The van der Waals surface area contributed by atoms with E-state index < -0.39 is 0 Å². The molecule has 0 saturated carbocycles. The van der Waals surface area contributed by atoms with Gasteiger partial charge in [-0.1, -0.05) is 42.1 Å². The summed E-state index contributed by atoms with van der Waals surface area (Å²) in [5.41, 5.74) is 2.76. The Bertz CT molecular complexity index is 642. The van der Waals surface area contributed by atoms with Crippen molar-refractivity contribution in [2.24, 2.45) is 4.99 Å². The lowest BCUT2D eigenvalue weighted by Gasteiger charge is -2.19. The summed E-state index contributed by atoms with van der Waals surface area (Å²) in [5, 5.41) is 9.76. The molecule has 0 fully saturated rings. The van der Waals surface area contributed by atoms with Gasteiger partial charge in [0, 0.05) is 13.6 Å².